The third-order valence-corrected chi connectivity index (χ3v) is 2.43. The van der Waals surface area contributed by atoms with Gasteiger partial charge in [-0.25, -0.2) is 4.79 Å². The Morgan fingerprint density at radius 3 is 2.94 bits per heavy atom. The molecule has 1 N–H and O–H groups in total. The summed E-state index contributed by atoms with van der Waals surface area (Å²) < 4.78 is 5.66. The molecule has 3 heteroatoms. The van der Waals surface area contributed by atoms with E-state index >= 15 is 0 Å². The van der Waals surface area contributed by atoms with E-state index in [-0.39, 0.29) is 6.10 Å². The first-order valence-electron chi connectivity index (χ1n) is 5.05. The maximum Gasteiger partial charge on any atom is 0.328 e. The Kier molecular flexibility index (Phi) is 2.77. The summed E-state index contributed by atoms with van der Waals surface area (Å²) in [5.74, 6) is -0.116. The molecule has 0 aromatic heterocycles. The Labute approximate surface area is 93.7 Å². The second-order valence-electron chi connectivity index (χ2n) is 3.61. The summed E-state index contributed by atoms with van der Waals surface area (Å²) in [6.07, 6.45) is 4.52. The fourth-order valence-electron chi connectivity index (χ4n) is 1.61. The molecule has 1 aliphatic rings. The first kappa shape index (κ1) is 10.5. The summed E-state index contributed by atoms with van der Waals surface area (Å²) in [6.45, 7) is 1.90. The van der Waals surface area contributed by atoms with Crippen LogP contribution in [0.25, 0.3) is 6.08 Å². The molecule has 0 saturated carbocycles. The molecule has 1 atom stereocenters. The Balaban J connectivity index is 2.34. The number of carbonyl (C=O) groups is 1. The van der Waals surface area contributed by atoms with Crippen LogP contribution in [0.5, 0.6) is 5.75 Å². The summed E-state index contributed by atoms with van der Waals surface area (Å²) in [5, 5.41) is 8.57. The lowest BCUT2D eigenvalue weighted by molar-refractivity contribution is -0.131. The second kappa shape index (κ2) is 4.23. The molecule has 0 unspecified atom stereocenters. The number of ether oxygens (including phenoxy) is 1. The Hall–Kier alpha value is -2.03. The van der Waals surface area contributed by atoms with Crippen molar-refractivity contribution in [2.24, 2.45) is 0 Å². The maximum atomic E-state index is 10.4. The van der Waals surface area contributed by atoms with Gasteiger partial charge in [0.1, 0.15) is 11.9 Å². The van der Waals surface area contributed by atoms with E-state index in [4.69, 9.17) is 9.84 Å². The van der Waals surface area contributed by atoms with E-state index in [1.165, 1.54) is 0 Å². The van der Waals surface area contributed by atoms with E-state index < -0.39 is 5.97 Å². The molecule has 0 radical (unpaired) electrons. The molecule has 0 bridgehead atoms. The lowest BCUT2D eigenvalue weighted by Gasteiger charge is -2.22. The van der Waals surface area contributed by atoms with E-state index in [0.717, 1.165) is 23.0 Å². The van der Waals surface area contributed by atoms with E-state index in [2.05, 4.69) is 0 Å². The summed E-state index contributed by atoms with van der Waals surface area (Å²) in [7, 11) is 0. The van der Waals surface area contributed by atoms with Crippen LogP contribution < -0.4 is 4.74 Å². The number of benzene rings is 1. The molecule has 1 aromatic rings. The van der Waals surface area contributed by atoms with Crippen molar-refractivity contribution in [2.45, 2.75) is 13.0 Å². The fourth-order valence-corrected chi connectivity index (χ4v) is 1.61. The third-order valence-electron chi connectivity index (χ3n) is 2.43. The predicted octanol–water partition coefficient (Wildman–Crippen LogP) is 2.49. The van der Waals surface area contributed by atoms with E-state index in [9.17, 15) is 4.79 Å². The zero-order chi connectivity index (χ0) is 11.5. The minimum absolute atomic E-state index is 0.120. The van der Waals surface area contributed by atoms with Crippen molar-refractivity contribution in [3.05, 3.63) is 47.6 Å². The summed E-state index contributed by atoms with van der Waals surface area (Å²) in [6, 6.07) is 7.68. The number of carboxylic acids is 1. The Morgan fingerprint density at radius 2 is 2.19 bits per heavy atom. The van der Waals surface area contributed by atoms with Gasteiger partial charge in [-0.05, 0) is 30.7 Å². The van der Waals surface area contributed by atoms with Crippen molar-refractivity contribution in [1.82, 2.24) is 0 Å². The highest BCUT2D eigenvalue weighted by Crippen LogP contribution is 2.29. The molecular weight excluding hydrogens is 204 g/mol. The van der Waals surface area contributed by atoms with E-state index in [1.54, 1.807) is 6.08 Å². The molecule has 16 heavy (non-hydrogen) atoms. The predicted molar refractivity (Wildman–Crippen MR) is 61.3 cm³/mol. The van der Waals surface area contributed by atoms with Crippen LogP contribution >= 0.6 is 0 Å². The van der Waals surface area contributed by atoms with Crippen LogP contribution in [-0.2, 0) is 4.79 Å². The van der Waals surface area contributed by atoms with Crippen molar-refractivity contribution in [3.63, 3.8) is 0 Å². The molecule has 0 fully saturated rings. The van der Waals surface area contributed by atoms with Gasteiger partial charge in [0, 0.05) is 11.6 Å². The third kappa shape index (κ3) is 2.14. The number of carboxylic acid groups (broad SMARTS) is 1. The molecule has 0 aliphatic carbocycles. The molecule has 0 saturated heterocycles. The standard InChI is InChI=1S/C13H12O3/c1-9-10(6-7-13(14)15)8-11-4-2-3-5-12(11)16-9/h2-9H,1H3,(H,14,15)/t9-/m1/s1. The summed E-state index contributed by atoms with van der Waals surface area (Å²) >= 11 is 0. The number of rotatable bonds is 2. The highest BCUT2D eigenvalue weighted by Gasteiger charge is 2.16. The topological polar surface area (TPSA) is 46.5 Å². The minimum Gasteiger partial charge on any atom is -0.485 e. The Morgan fingerprint density at radius 1 is 1.44 bits per heavy atom. The van der Waals surface area contributed by atoms with Gasteiger partial charge in [-0.15, -0.1) is 0 Å². The molecule has 0 amide bonds. The van der Waals surface area contributed by atoms with Crippen molar-refractivity contribution in [1.29, 1.82) is 0 Å². The van der Waals surface area contributed by atoms with Crippen molar-refractivity contribution >= 4 is 12.0 Å². The lowest BCUT2D eigenvalue weighted by Crippen LogP contribution is -2.17. The van der Waals surface area contributed by atoms with Crippen LogP contribution in [0, 0.1) is 0 Å². The SMILES string of the molecule is C[C@H]1Oc2ccccc2C=C1C=CC(=O)O. The average molecular weight is 216 g/mol. The second-order valence-corrected chi connectivity index (χ2v) is 3.61. The van der Waals surface area contributed by atoms with Gasteiger partial charge in [0.2, 0.25) is 0 Å². The van der Waals surface area contributed by atoms with Gasteiger partial charge in [-0.3, -0.25) is 0 Å². The van der Waals surface area contributed by atoms with Crippen molar-refractivity contribution in [2.75, 3.05) is 0 Å². The average Bonchev–Trinajstić information content (AvgIpc) is 2.26. The maximum absolute atomic E-state index is 10.4. The number of fused-ring (bicyclic) bond motifs is 1. The van der Waals surface area contributed by atoms with Crippen LogP contribution in [0.3, 0.4) is 0 Å². The van der Waals surface area contributed by atoms with Crippen molar-refractivity contribution in [3.8, 4) is 5.75 Å². The molecule has 1 aromatic carbocycles. The lowest BCUT2D eigenvalue weighted by atomic mass is 10.0. The zero-order valence-corrected chi connectivity index (χ0v) is 8.88. The molecule has 1 heterocycles. The molecule has 0 spiro atoms. The largest absolute Gasteiger partial charge is 0.485 e. The number of hydrogen-bond acceptors (Lipinski definition) is 2. The molecule has 1 aliphatic heterocycles. The normalized spacial score (nSPS) is 18.8. The first-order chi connectivity index (χ1) is 7.66. The summed E-state index contributed by atoms with van der Waals surface area (Å²) in [4.78, 5) is 10.4. The number of aliphatic carboxylic acids is 1. The van der Waals surface area contributed by atoms with Crippen LogP contribution in [-0.4, -0.2) is 17.2 Å². The summed E-state index contributed by atoms with van der Waals surface area (Å²) in [5.41, 5.74) is 1.84. The van der Waals surface area contributed by atoms with Gasteiger partial charge in [0.25, 0.3) is 0 Å². The quantitative estimate of drug-likeness (QED) is 0.772. The smallest absolute Gasteiger partial charge is 0.328 e. The van der Waals surface area contributed by atoms with Gasteiger partial charge in [0.05, 0.1) is 0 Å². The number of hydrogen-bond donors (Lipinski definition) is 1. The van der Waals surface area contributed by atoms with Crippen molar-refractivity contribution < 1.29 is 14.6 Å². The van der Waals surface area contributed by atoms with E-state index in [0.29, 0.717) is 0 Å². The minimum atomic E-state index is -0.952. The molecule has 82 valence electrons. The van der Waals surface area contributed by atoms with Gasteiger partial charge in [0.15, 0.2) is 0 Å². The molecule has 2 rings (SSSR count). The van der Waals surface area contributed by atoms with E-state index in [1.807, 2.05) is 37.3 Å². The van der Waals surface area contributed by atoms with Gasteiger partial charge < -0.3 is 9.84 Å². The molecule has 3 nitrogen and oxygen atoms in total. The zero-order valence-electron chi connectivity index (χ0n) is 8.88. The number of para-hydroxylation sites is 1. The highest BCUT2D eigenvalue weighted by molar-refractivity contribution is 5.81. The van der Waals surface area contributed by atoms with Crippen LogP contribution in [0.1, 0.15) is 12.5 Å². The fraction of sp³-hybridized carbons (Fsp3) is 0.154. The Bertz CT molecular complexity index is 472. The first-order valence-corrected chi connectivity index (χ1v) is 5.05. The molecular formula is C13H12O3. The van der Waals surface area contributed by atoms with Gasteiger partial charge in [-0.2, -0.15) is 0 Å². The van der Waals surface area contributed by atoms with Crippen LogP contribution in [0.2, 0.25) is 0 Å². The van der Waals surface area contributed by atoms with Gasteiger partial charge in [-0.1, -0.05) is 18.2 Å². The highest BCUT2D eigenvalue weighted by atomic mass is 16.5. The monoisotopic (exact) mass is 216 g/mol. The van der Waals surface area contributed by atoms with Crippen LogP contribution in [0.4, 0.5) is 0 Å². The van der Waals surface area contributed by atoms with Gasteiger partial charge >= 0.3 is 5.97 Å². The van der Waals surface area contributed by atoms with Crippen LogP contribution in [0.15, 0.2) is 42.0 Å².